The molecule has 3 aliphatic rings. The van der Waals surface area contributed by atoms with Crippen molar-refractivity contribution < 1.29 is 18.3 Å². The second-order valence-corrected chi connectivity index (χ2v) is 7.70. The molecule has 1 saturated heterocycles. The molecule has 1 N–H and O–H groups in total. The van der Waals surface area contributed by atoms with Crippen molar-refractivity contribution in [3.8, 4) is 0 Å². The van der Waals surface area contributed by atoms with Crippen molar-refractivity contribution in [2.75, 3.05) is 13.6 Å². The molecule has 18 heavy (non-hydrogen) atoms. The van der Waals surface area contributed by atoms with Crippen molar-refractivity contribution >= 4 is 16.2 Å². The van der Waals surface area contributed by atoms with Gasteiger partial charge in [-0.15, -0.1) is 0 Å². The Labute approximate surface area is 107 Å². The first-order valence-corrected chi connectivity index (χ1v) is 7.76. The van der Waals surface area contributed by atoms with Crippen molar-refractivity contribution in [3.63, 3.8) is 0 Å². The van der Waals surface area contributed by atoms with Gasteiger partial charge in [-0.3, -0.25) is 4.79 Å². The summed E-state index contributed by atoms with van der Waals surface area (Å²) >= 11 is 0. The molecule has 0 aromatic heterocycles. The minimum absolute atomic E-state index is 0.0717. The number of carboxylic acid groups (broad SMARTS) is 1. The van der Waals surface area contributed by atoms with E-state index in [1.165, 1.54) is 8.61 Å². The van der Waals surface area contributed by atoms with E-state index < -0.39 is 22.2 Å². The number of carboxylic acids is 1. The first-order valence-electron chi connectivity index (χ1n) is 6.36. The Kier molecular flexibility index (Phi) is 2.53. The van der Waals surface area contributed by atoms with Gasteiger partial charge in [0, 0.05) is 25.0 Å². The Morgan fingerprint density at radius 3 is 2.39 bits per heavy atom. The second-order valence-electron chi connectivity index (χ2n) is 5.76. The van der Waals surface area contributed by atoms with Crippen LogP contribution in [0.15, 0.2) is 0 Å². The fourth-order valence-electron chi connectivity index (χ4n) is 3.14. The molecular formula is C11H18N2O4S. The van der Waals surface area contributed by atoms with E-state index in [1.54, 1.807) is 7.05 Å². The van der Waals surface area contributed by atoms with Crippen LogP contribution < -0.4 is 0 Å². The maximum absolute atomic E-state index is 12.3. The summed E-state index contributed by atoms with van der Waals surface area (Å²) in [6, 6.07) is -0.778. The van der Waals surface area contributed by atoms with Crippen molar-refractivity contribution in [1.29, 1.82) is 0 Å². The van der Waals surface area contributed by atoms with Crippen LogP contribution in [0.5, 0.6) is 0 Å². The van der Waals surface area contributed by atoms with Crippen molar-refractivity contribution in [2.45, 2.75) is 44.2 Å². The Hall–Kier alpha value is -0.660. The summed E-state index contributed by atoms with van der Waals surface area (Å²) in [5.41, 5.74) is -0.275. The van der Waals surface area contributed by atoms with Gasteiger partial charge < -0.3 is 5.11 Å². The normalized spacial score (nSPS) is 31.1. The summed E-state index contributed by atoms with van der Waals surface area (Å²) in [6.45, 7) is 0.378. The van der Waals surface area contributed by atoms with Gasteiger partial charge in [0.05, 0.1) is 0 Å². The van der Waals surface area contributed by atoms with E-state index >= 15 is 0 Å². The third-order valence-corrected chi connectivity index (χ3v) is 6.60. The summed E-state index contributed by atoms with van der Waals surface area (Å²) in [5, 5.41) is 9.28. The lowest BCUT2D eigenvalue weighted by Crippen LogP contribution is -2.72. The Morgan fingerprint density at radius 1 is 1.39 bits per heavy atom. The molecule has 0 radical (unpaired) electrons. The number of aliphatic carboxylic acids is 1. The molecule has 1 spiro atoms. The largest absolute Gasteiger partial charge is 0.480 e. The van der Waals surface area contributed by atoms with Crippen molar-refractivity contribution in [1.82, 2.24) is 8.61 Å². The maximum Gasteiger partial charge on any atom is 0.322 e. The molecule has 3 fully saturated rings. The highest BCUT2D eigenvalue weighted by Gasteiger charge is 2.64. The third-order valence-electron chi connectivity index (χ3n) is 4.64. The topological polar surface area (TPSA) is 77.9 Å². The van der Waals surface area contributed by atoms with E-state index in [9.17, 15) is 18.3 Å². The number of hydrogen-bond donors (Lipinski definition) is 1. The zero-order chi connectivity index (χ0) is 13.1. The molecule has 6 nitrogen and oxygen atoms in total. The predicted molar refractivity (Wildman–Crippen MR) is 64.1 cm³/mol. The first kappa shape index (κ1) is 12.4. The van der Waals surface area contributed by atoms with E-state index in [4.69, 9.17) is 0 Å². The quantitative estimate of drug-likeness (QED) is 0.798. The average Bonchev–Trinajstić information content (AvgIpc) is 2.93. The molecule has 1 atom stereocenters. The lowest BCUT2D eigenvalue weighted by molar-refractivity contribution is -0.164. The van der Waals surface area contributed by atoms with Crippen molar-refractivity contribution in [2.24, 2.45) is 5.41 Å². The standard InChI is InChI=1S/C11H18N2O4S/c1-12(8-3-4-8)18(16,17)13-7-11(5-2-6-11)9(13)10(14)15/h8-9H,2-7H2,1H3,(H,14,15). The van der Waals surface area contributed by atoms with Gasteiger partial charge in [-0.25, -0.2) is 0 Å². The summed E-state index contributed by atoms with van der Waals surface area (Å²) in [6.07, 6.45) is 4.45. The van der Waals surface area contributed by atoms with Gasteiger partial charge in [0.1, 0.15) is 6.04 Å². The van der Waals surface area contributed by atoms with Crippen LogP contribution in [-0.4, -0.2) is 53.8 Å². The molecule has 0 amide bonds. The molecule has 3 rings (SSSR count). The van der Waals surface area contributed by atoms with Crippen LogP contribution >= 0.6 is 0 Å². The zero-order valence-electron chi connectivity index (χ0n) is 10.4. The SMILES string of the molecule is CN(C1CC1)S(=O)(=O)N1CC2(CCC2)C1C(=O)O. The van der Waals surface area contributed by atoms with E-state index in [-0.39, 0.29) is 11.5 Å². The molecule has 2 aliphatic carbocycles. The molecule has 1 aliphatic heterocycles. The second kappa shape index (κ2) is 3.68. The van der Waals surface area contributed by atoms with Gasteiger partial charge >= 0.3 is 5.97 Å². The molecule has 1 heterocycles. The first-order chi connectivity index (χ1) is 8.38. The van der Waals surface area contributed by atoms with E-state index in [0.29, 0.717) is 6.54 Å². The van der Waals surface area contributed by atoms with Gasteiger partial charge in [0.15, 0.2) is 0 Å². The highest BCUT2D eigenvalue weighted by Crippen LogP contribution is 2.54. The lowest BCUT2D eigenvalue weighted by atomic mass is 9.59. The van der Waals surface area contributed by atoms with Crippen LogP contribution in [0.4, 0.5) is 0 Å². The smallest absolute Gasteiger partial charge is 0.322 e. The maximum atomic E-state index is 12.3. The van der Waals surface area contributed by atoms with Crippen LogP contribution in [0.2, 0.25) is 0 Å². The molecule has 1 unspecified atom stereocenters. The van der Waals surface area contributed by atoms with Gasteiger partial charge in [-0.1, -0.05) is 6.42 Å². The van der Waals surface area contributed by atoms with E-state index in [0.717, 1.165) is 32.1 Å². The summed E-state index contributed by atoms with van der Waals surface area (Å²) in [7, 11) is -2.04. The molecule has 2 saturated carbocycles. The van der Waals surface area contributed by atoms with Gasteiger partial charge in [-0.2, -0.15) is 17.0 Å². The van der Waals surface area contributed by atoms with Crippen LogP contribution in [0.3, 0.4) is 0 Å². The molecule has 102 valence electrons. The Balaban J connectivity index is 1.82. The van der Waals surface area contributed by atoms with Crippen LogP contribution in [0, 0.1) is 5.41 Å². The van der Waals surface area contributed by atoms with Gasteiger partial charge in [0.25, 0.3) is 10.2 Å². The minimum atomic E-state index is -3.59. The summed E-state index contributed by atoms with van der Waals surface area (Å²) in [4.78, 5) is 11.3. The third kappa shape index (κ3) is 1.53. The summed E-state index contributed by atoms with van der Waals surface area (Å²) < 4.78 is 27.2. The molecule has 7 heteroatoms. The minimum Gasteiger partial charge on any atom is -0.480 e. The summed E-state index contributed by atoms with van der Waals surface area (Å²) in [5.74, 6) is -1.01. The highest BCUT2D eigenvalue weighted by molar-refractivity contribution is 7.86. The lowest BCUT2D eigenvalue weighted by Gasteiger charge is -2.59. The highest BCUT2D eigenvalue weighted by atomic mass is 32.2. The molecule has 0 aromatic rings. The molecular weight excluding hydrogens is 256 g/mol. The predicted octanol–water partition coefficient (Wildman–Crippen LogP) is 0.264. The average molecular weight is 274 g/mol. The van der Waals surface area contributed by atoms with Crippen LogP contribution in [0.25, 0.3) is 0 Å². The Bertz CT molecular complexity index is 481. The Morgan fingerprint density at radius 2 is 2.00 bits per heavy atom. The number of hydrogen-bond acceptors (Lipinski definition) is 3. The fourth-order valence-corrected chi connectivity index (χ4v) is 5.05. The van der Waals surface area contributed by atoms with E-state index in [1.807, 2.05) is 0 Å². The molecule has 0 aromatic carbocycles. The number of carbonyl (C=O) groups is 1. The van der Waals surface area contributed by atoms with E-state index in [2.05, 4.69) is 0 Å². The zero-order valence-corrected chi connectivity index (χ0v) is 11.2. The number of nitrogens with zero attached hydrogens (tertiary/aromatic N) is 2. The van der Waals surface area contributed by atoms with Gasteiger partial charge in [-0.05, 0) is 25.7 Å². The van der Waals surface area contributed by atoms with Crippen LogP contribution in [-0.2, 0) is 15.0 Å². The number of rotatable bonds is 4. The molecule has 0 bridgehead atoms. The van der Waals surface area contributed by atoms with Gasteiger partial charge in [0.2, 0.25) is 0 Å². The fraction of sp³-hybridized carbons (Fsp3) is 0.909. The van der Waals surface area contributed by atoms with Crippen molar-refractivity contribution in [3.05, 3.63) is 0 Å². The monoisotopic (exact) mass is 274 g/mol. The van der Waals surface area contributed by atoms with Crippen LogP contribution in [0.1, 0.15) is 32.1 Å².